The SMILES string of the molecule is CCN(CC)CCOC[C@H]1O[C@@H](O)[C@H](N)[C@@H](O)[C@@H]1O. The molecule has 0 amide bonds. The van der Waals surface area contributed by atoms with Gasteiger partial charge in [-0.25, -0.2) is 0 Å². The number of rotatable bonds is 7. The van der Waals surface area contributed by atoms with Gasteiger partial charge >= 0.3 is 0 Å². The first-order valence-corrected chi connectivity index (χ1v) is 6.76. The highest BCUT2D eigenvalue weighted by Crippen LogP contribution is 2.18. The summed E-state index contributed by atoms with van der Waals surface area (Å²) in [6.45, 7) is 7.47. The average molecular weight is 278 g/mol. The van der Waals surface area contributed by atoms with Gasteiger partial charge in [-0.3, -0.25) is 0 Å². The third kappa shape index (κ3) is 4.64. The van der Waals surface area contributed by atoms with Crippen LogP contribution in [0.25, 0.3) is 0 Å². The molecule has 0 spiro atoms. The molecule has 1 aliphatic rings. The van der Waals surface area contributed by atoms with Crippen molar-refractivity contribution in [3.05, 3.63) is 0 Å². The molecule has 0 radical (unpaired) electrons. The molecule has 1 aliphatic heterocycles. The molecule has 19 heavy (non-hydrogen) atoms. The average Bonchev–Trinajstić information content (AvgIpc) is 2.42. The van der Waals surface area contributed by atoms with E-state index in [1.54, 1.807) is 0 Å². The van der Waals surface area contributed by atoms with Crippen LogP contribution >= 0.6 is 0 Å². The molecule has 0 aromatic carbocycles. The molecule has 114 valence electrons. The van der Waals surface area contributed by atoms with Gasteiger partial charge in [-0.15, -0.1) is 0 Å². The fourth-order valence-corrected chi connectivity index (χ4v) is 2.04. The Morgan fingerprint density at radius 3 is 2.37 bits per heavy atom. The molecule has 1 heterocycles. The zero-order valence-corrected chi connectivity index (χ0v) is 11.6. The van der Waals surface area contributed by atoms with Gasteiger partial charge in [-0.05, 0) is 13.1 Å². The third-order valence-corrected chi connectivity index (χ3v) is 3.50. The molecule has 7 nitrogen and oxygen atoms in total. The number of ether oxygens (including phenoxy) is 2. The molecule has 1 fully saturated rings. The first-order chi connectivity index (χ1) is 9.01. The van der Waals surface area contributed by atoms with E-state index < -0.39 is 30.6 Å². The molecular formula is C12H26N2O5. The largest absolute Gasteiger partial charge is 0.388 e. The van der Waals surface area contributed by atoms with Crippen LogP contribution in [-0.4, -0.2) is 83.7 Å². The lowest BCUT2D eigenvalue weighted by molar-refractivity contribution is -0.251. The van der Waals surface area contributed by atoms with E-state index in [0.29, 0.717) is 6.61 Å². The Labute approximate surface area is 113 Å². The minimum Gasteiger partial charge on any atom is -0.388 e. The molecule has 0 aromatic heterocycles. The van der Waals surface area contributed by atoms with Crippen LogP contribution in [0.3, 0.4) is 0 Å². The molecular weight excluding hydrogens is 252 g/mol. The van der Waals surface area contributed by atoms with Crippen molar-refractivity contribution in [2.45, 2.75) is 44.5 Å². The van der Waals surface area contributed by atoms with Crippen LogP contribution in [0.15, 0.2) is 0 Å². The predicted molar refractivity (Wildman–Crippen MR) is 69.5 cm³/mol. The van der Waals surface area contributed by atoms with Crippen molar-refractivity contribution in [1.29, 1.82) is 0 Å². The number of nitrogens with two attached hydrogens (primary N) is 1. The second kappa shape index (κ2) is 8.11. The third-order valence-electron chi connectivity index (χ3n) is 3.50. The second-order valence-corrected chi connectivity index (χ2v) is 4.73. The summed E-state index contributed by atoms with van der Waals surface area (Å²) >= 11 is 0. The van der Waals surface area contributed by atoms with Crippen LogP contribution in [0.5, 0.6) is 0 Å². The zero-order valence-electron chi connectivity index (χ0n) is 11.6. The number of likely N-dealkylation sites (N-methyl/N-ethyl adjacent to an activating group) is 1. The Morgan fingerprint density at radius 1 is 1.16 bits per heavy atom. The second-order valence-electron chi connectivity index (χ2n) is 4.73. The predicted octanol–water partition coefficient (Wildman–Crippen LogP) is -1.89. The monoisotopic (exact) mass is 278 g/mol. The number of hydrogen-bond acceptors (Lipinski definition) is 7. The molecule has 0 bridgehead atoms. The van der Waals surface area contributed by atoms with Gasteiger partial charge in [0.2, 0.25) is 0 Å². The van der Waals surface area contributed by atoms with Crippen molar-refractivity contribution in [3.8, 4) is 0 Å². The van der Waals surface area contributed by atoms with Gasteiger partial charge in [-0.2, -0.15) is 0 Å². The smallest absolute Gasteiger partial charge is 0.173 e. The van der Waals surface area contributed by atoms with Crippen LogP contribution in [0.4, 0.5) is 0 Å². The molecule has 1 saturated heterocycles. The van der Waals surface area contributed by atoms with Crippen molar-refractivity contribution in [3.63, 3.8) is 0 Å². The topological polar surface area (TPSA) is 108 Å². The molecule has 0 unspecified atom stereocenters. The van der Waals surface area contributed by atoms with Crippen LogP contribution in [0.2, 0.25) is 0 Å². The first kappa shape index (κ1) is 16.8. The maximum Gasteiger partial charge on any atom is 0.173 e. The van der Waals surface area contributed by atoms with Crippen LogP contribution in [0, 0.1) is 0 Å². The molecule has 7 heteroatoms. The van der Waals surface area contributed by atoms with Crippen LogP contribution in [0.1, 0.15) is 13.8 Å². The van der Waals surface area contributed by atoms with Gasteiger partial charge in [0.15, 0.2) is 6.29 Å². The Bertz CT molecular complexity index is 252. The molecule has 0 aromatic rings. The maximum atomic E-state index is 9.77. The number of nitrogens with zero attached hydrogens (tertiary/aromatic N) is 1. The Morgan fingerprint density at radius 2 is 1.79 bits per heavy atom. The van der Waals surface area contributed by atoms with Crippen molar-refractivity contribution in [2.75, 3.05) is 32.8 Å². The summed E-state index contributed by atoms with van der Waals surface area (Å²) < 4.78 is 10.5. The molecule has 1 rings (SSSR count). The van der Waals surface area contributed by atoms with Gasteiger partial charge in [-0.1, -0.05) is 13.8 Å². The fourth-order valence-electron chi connectivity index (χ4n) is 2.04. The molecule has 5 N–H and O–H groups in total. The van der Waals surface area contributed by atoms with Gasteiger partial charge in [0.05, 0.1) is 19.3 Å². The fraction of sp³-hybridized carbons (Fsp3) is 1.00. The van der Waals surface area contributed by atoms with Crippen LogP contribution in [-0.2, 0) is 9.47 Å². The summed E-state index contributed by atoms with van der Waals surface area (Å²) in [6.07, 6.45) is -4.40. The van der Waals surface area contributed by atoms with E-state index in [2.05, 4.69) is 18.7 Å². The van der Waals surface area contributed by atoms with Crippen molar-refractivity contribution >= 4 is 0 Å². The van der Waals surface area contributed by atoms with Gasteiger partial charge in [0.1, 0.15) is 18.3 Å². The van der Waals surface area contributed by atoms with Crippen molar-refractivity contribution in [2.24, 2.45) is 5.73 Å². The van der Waals surface area contributed by atoms with E-state index in [1.807, 2.05) is 0 Å². The van der Waals surface area contributed by atoms with Gasteiger partial charge in [0.25, 0.3) is 0 Å². The summed E-state index contributed by atoms with van der Waals surface area (Å²) in [7, 11) is 0. The molecule has 5 atom stereocenters. The molecule has 0 aliphatic carbocycles. The standard InChI is InChI=1S/C12H26N2O5/c1-3-14(4-2)5-6-18-7-8-10(15)11(16)9(13)12(17)19-8/h8-12,15-17H,3-7,13H2,1-2H3/t8-,9-,10-,11-,12-/m1/s1. The van der Waals surface area contributed by atoms with Crippen molar-refractivity contribution < 1.29 is 24.8 Å². The molecule has 0 saturated carbocycles. The Balaban J connectivity index is 2.29. The highest BCUT2D eigenvalue weighted by atomic mass is 16.6. The summed E-state index contributed by atoms with van der Waals surface area (Å²) in [5.41, 5.74) is 5.47. The van der Waals surface area contributed by atoms with E-state index >= 15 is 0 Å². The zero-order chi connectivity index (χ0) is 14.4. The van der Waals surface area contributed by atoms with E-state index in [9.17, 15) is 15.3 Å². The summed E-state index contributed by atoms with van der Waals surface area (Å²) in [6, 6.07) is -0.998. The summed E-state index contributed by atoms with van der Waals surface area (Å²) in [4.78, 5) is 2.21. The van der Waals surface area contributed by atoms with Gasteiger partial charge < -0.3 is 35.4 Å². The minimum absolute atomic E-state index is 0.114. The maximum absolute atomic E-state index is 9.77. The van der Waals surface area contributed by atoms with Gasteiger partial charge in [0, 0.05) is 6.54 Å². The highest BCUT2D eigenvalue weighted by molar-refractivity contribution is 4.90. The Kier molecular flexibility index (Phi) is 7.16. The van der Waals surface area contributed by atoms with Crippen LogP contribution < -0.4 is 5.73 Å². The van der Waals surface area contributed by atoms with E-state index in [4.69, 9.17) is 15.2 Å². The lowest BCUT2D eigenvalue weighted by Crippen LogP contribution is -2.62. The highest BCUT2D eigenvalue weighted by Gasteiger charge is 2.41. The van der Waals surface area contributed by atoms with E-state index in [1.165, 1.54) is 0 Å². The lowest BCUT2D eigenvalue weighted by atomic mass is 9.98. The lowest BCUT2D eigenvalue weighted by Gasteiger charge is -2.38. The van der Waals surface area contributed by atoms with Crippen molar-refractivity contribution in [1.82, 2.24) is 4.90 Å². The Hall–Kier alpha value is -0.280. The summed E-state index contributed by atoms with van der Waals surface area (Å²) in [5.74, 6) is 0. The van der Waals surface area contributed by atoms with E-state index in [0.717, 1.165) is 19.6 Å². The first-order valence-electron chi connectivity index (χ1n) is 6.76. The summed E-state index contributed by atoms with van der Waals surface area (Å²) in [5, 5.41) is 28.9. The number of hydrogen-bond donors (Lipinski definition) is 4. The van der Waals surface area contributed by atoms with E-state index in [-0.39, 0.29) is 6.61 Å². The number of aliphatic hydroxyl groups excluding tert-OH is 3. The number of aliphatic hydroxyl groups is 3. The normalized spacial score (nSPS) is 35.8. The quantitative estimate of drug-likeness (QED) is 0.403. The minimum atomic E-state index is -1.28.